The van der Waals surface area contributed by atoms with Gasteiger partial charge in [0.05, 0.1) is 0 Å². The van der Waals surface area contributed by atoms with Crippen LogP contribution in [0.4, 0.5) is 0 Å². The number of fused-ring (bicyclic) bond motifs is 1. The minimum absolute atomic E-state index is 0.645. The molecule has 0 aromatic carbocycles. The lowest BCUT2D eigenvalue weighted by Crippen LogP contribution is -1.85. The third kappa shape index (κ3) is 0.750. The highest BCUT2D eigenvalue weighted by molar-refractivity contribution is 8.45. The van der Waals surface area contributed by atoms with E-state index in [4.69, 9.17) is 0 Å². The van der Waals surface area contributed by atoms with Crippen LogP contribution in [0, 0.1) is 0 Å². The fraction of sp³-hybridized carbons (Fsp3) is 1.00. The highest BCUT2D eigenvalue weighted by Gasteiger charge is 2.50. The maximum absolute atomic E-state index is 2.29. The molecule has 0 spiro atoms. The quantitative estimate of drug-likeness (QED) is 0.549. The third-order valence-electron chi connectivity index (χ3n) is 1.62. The van der Waals surface area contributed by atoms with Crippen LogP contribution >= 0.6 is 22.2 Å². The summed E-state index contributed by atoms with van der Waals surface area (Å²) in [6, 6.07) is 0. The first-order valence-electron chi connectivity index (χ1n) is 3.13. The molecule has 44 valence electrons. The summed E-state index contributed by atoms with van der Waals surface area (Å²) in [5.74, 6) is 0. The van der Waals surface area contributed by atoms with E-state index in [0.717, 1.165) is 4.64 Å². The molecule has 8 heavy (non-hydrogen) atoms. The van der Waals surface area contributed by atoms with Gasteiger partial charge in [0.25, 0.3) is 0 Å². The molecule has 0 atom stereocenters. The van der Waals surface area contributed by atoms with Gasteiger partial charge in [0.15, 0.2) is 0 Å². The zero-order chi connectivity index (χ0) is 5.61. The topological polar surface area (TPSA) is 0 Å². The predicted molar refractivity (Wildman–Crippen MR) is 43.0 cm³/mol. The van der Waals surface area contributed by atoms with Gasteiger partial charge in [-0.3, -0.25) is 0 Å². The molecule has 0 unspecified atom stereocenters. The number of unbranched alkanes of at least 4 members (excludes halogenated alkanes) is 1. The molecule has 0 aromatic heterocycles. The van der Waals surface area contributed by atoms with Crippen molar-refractivity contribution in [2.75, 3.05) is 0 Å². The molecule has 0 bridgehead atoms. The molecule has 2 heterocycles. The second kappa shape index (κ2) is 1.69. The Morgan fingerprint density at radius 3 is 2.50 bits per heavy atom. The molecule has 0 aromatic rings. The molecule has 0 aliphatic carbocycles. The van der Waals surface area contributed by atoms with Crippen molar-refractivity contribution in [2.24, 2.45) is 0 Å². The summed E-state index contributed by atoms with van der Waals surface area (Å²) in [6.45, 7) is 2.93. The van der Waals surface area contributed by atoms with E-state index in [0.29, 0.717) is 6.50 Å². The minimum Gasteiger partial charge on any atom is -0.0654 e. The van der Waals surface area contributed by atoms with Crippen molar-refractivity contribution >= 4 is 22.2 Å². The smallest absolute Gasteiger partial charge is 0.0654 e. The van der Waals surface area contributed by atoms with E-state index >= 15 is 0 Å². The number of rotatable bonds is 3. The Morgan fingerprint density at radius 2 is 2.12 bits per heavy atom. The van der Waals surface area contributed by atoms with Gasteiger partial charge in [0.2, 0.25) is 0 Å². The lowest BCUT2D eigenvalue weighted by atomic mass is 10.3. The molecule has 0 saturated heterocycles. The Morgan fingerprint density at radius 1 is 1.50 bits per heavy atom. The van der Waals surface area contributed by atoms with Gasteiger partial charge in [-0.05, 0) is 28.7 Å². The van der Waals surface area contributed by atoms with Crippen molar-refractivity contribution in [1.29, 1.82) is 0 Å². The Bertz CT molecular complexity index is 186. The van der Waals surface area contributed by atoms with Crippen LogP contribution in [0.3, 0.4) is 0 Å². The summed E-state index contributed by atoms with van der Waals surface area (Å²) in [5, 5.41) is 0. The number of hydrogen-bond acceptors (Lipinski definition) is 0. The van der Waals surface area contributed by atoms with Crippen LogP contribution in [0.15, 0.2) is 0 Å². The first kappa shape index (κ1) is 5.67. The van der Waals surface area contributed by atoms with Crippen molar-refractivity contribution in [3.63, 3.8) is 0 Å². The van der Waals surface area contributed by atoms with Crippen molar-refractivity contribution in [3.8, 4) is 0 Å². The molecule has 0 amide bonds. The van der Waals surface area contributed by atoms with Crippen LogP contribution in [-0.4, -0.2) is 4.64 Å². The fourth-order valence-corrected chi connectivity index (χ4v) is 10.7. The van der Waals surface area contributed by atoms with Crippen LogP contribution in [0.5, 0.6) is 0 Å². The SMILES string of the molecule is CCCCC12P=P1=P2. The summed E-state index contributed by atoms with van der Waals surface area (Å²) in [4.78, 5) is 0. The van der Waals surface area contributed by atoms with Crippen molar-refractivity contribution in [3.05, 3.63) is 0 Å². The second-order valence-corrected chi connectivity index (χ2v) is 11.2. The van der Waals surface area contributed by atoms with Crippen molar-refractivity contribution in [1.82, 2.24) is 0 Å². The first-order valence-corrected chi connectivity index (χ1v) is 7.67. The van der Waals surface area contributed by atoms with Crippen LogP contribution in [-0.2, 0) is 0 Å². The number of hydrogen-bond donors (Lipinski definition) is 0. The van der Waals surface area contributed by atoms with Gasteiger partial charge in [0, 0.05) is 0 Å². The average molecular weight is 162 g/mol. The zero-order valence-corrected chi connectivity index (χ0v) is 7.65. The summed E-state index contributed by atoms with van der Waals surface area (Å²) >= 11 is 0. The van der Waals surface area contributed by atoms with Crippen molar-refractivity contribution in [2.45, 2.75) is 30.8 Å². The highest BCUT2D eigenvalue weighted by atomic mass is 32.1. The van der Waals surface area contributed by atoms with E-state index in [1.807, 2.05) is 15.7 Å². The largest absolute Gasteiger partial charge is 0.107 e. The minimum atomic E-state index is 0.645. The molecule has 2 rings (SSSR count). The Hall–Kier alpha value is 0.900. The molecule has 2 aliphatic heterocycles. The third-order valence-corrected chi connectivity index (χ3v) is 13.1. The lowest BCUT2D eigenvalue weighted by Gasteiger charge is -1.94. The second-order valence-electron chi connectivity index (χ2n) is 2.37. The molecule has 0 saturated carbocycles. The molecular formula is C5H9P3. The summed E-state index contributed by atoms with van der Waals surface area (Å²) in [6.07, 6.45) is 4.44. The maximum atomic E-state index is 2.29. The molecular weight excluding hydrogens is 153 g/mol. The van der Waals surface area contributed by atoms with Gasteiger partial charge in [-0.2, -0.15) is 0 Å². The first-order chi connectivity index (χ1) is 3.87. The molecule has 0 fully saturated rings. The molecule has 0 N–H and O–H groups in total. The normalized spacial score (nSPS) is 45.9. The van der Waals surface area contributed by atoms with E-state index in [2.05, 4.69) is 6.92 Å². The van der Waals surface area contributed by atoms with Crippen LogP contribution in [0.1, 0.15) is 26.2 Å². The van der Waals surface area contributed by atoms with Gasteiger partial charge >= 0.3 is 0 Å². The van der Waals surface area contributed by atoms with E-state index in [9.17, 15) is 0 Å². The van der Waals surface area contributed by atoms with E-state index < -0.39 is 0 Å². The fourth-order valence-electron chi connectivity index (χ4n) is 0.877. The van der Waals surface area contributed by atoms with Crippen LogP contribution in [0.25, 0.3) is 0 Å². The summed E-state index contributed by atoms with van der Waals surface area (Å²) < 4.78 is 0.978. The van der Waals surface area contributed by atoms with Gasteiger partial charge in [-0.25, -0.2) is 0 Å². The molecule has 3 heteroatoms. The lowest BCUT2D eigenvalue weighted by molar-refractivity contribution is 0.753. The predicted octanol–water partition coefficient (Wildman–Crippen LogP) is 4.06. The molecule has 2 aliphatic rings. The van der Waals surface area contributed by atoms with Gasteiger partial charge < -0.3 is 0 Å². The van der Waals surface area contributed by atoms with Crippen LogP contribution in [0.2, 0.25) is 0 Å². The molecule has 0 nitrogen and oxygen atoms in total. The Balaban J connectivity index is 1.75. The Kier molecular flexibility index (Phi) is 1.20. The maximum Gasteiger partial charge on any atom is 0.107 e. The zero-order valence-electron chi connectivity index (χ0n) is 4.96. The van der Waals surface area contributed by atoms with Gasteiger partial charge in [0.1, 0.15) is 4.64 Å². The van der Waals surface area contributed by atoms with Crippen LogP contribution < -0.4 is 0 Å². The monoisotopic (exact) mass is 162 g/mol. The van der Waals surface area contributed by atoms with E-state index in [-0.39, 0.29) is 0 Å². The summed E-state index contributed by atoms with van der Waals surface area (Å²) in [7, 11) is 3.70. The standard InChI is InChI=1S/C5H9P3/c1-2-3-4-5-6-8(5)7-5/h2-4H2,1H3. The van der Waals surface area contributed by atoms with Gasteiger partial charge in [-0.1, -0.05) is 19.8 Å². The van der Waals surface area contributed by atoms with Crippen molar-refractivity contribution < 1.29 is 0 Å². The highest BCUT2D eigenvalue weighted by Crippen LogP contribution is 2.94. The Labute approximate surface area is 53.7 Å². The van der Waals surface area contributed by atoms with E-state index in [1.54, 1.807) is 6.42 Å². The van der Waals surface area contributed by atoms with E-state index in [1.165, 1.54) is 12.8 Å². The average Bonchev–Trinajstić information content (AvgIpc) is 2.45. The summed E-state index contributed by atoms with van der Waals surface area (Å²) in [5.41, 5.74) is 0. The van der Waals surface area contributed by atoms with Gasteiger partial charge in [-0.15, -0.1) is 0 Å². The molecule has 0 radical (unpaired) electrons.